The van der Waals surface area contributed by atoms with Crippen molar-refractivity contribution >= 4 is 29.7 Å². The molecule has 36 heavy (non-hydrogen) atoms. The molecule has 0 saturated carbocycles. The number of aliphatic carboxylic acids is 1. The van der Waals surface area contributed by atoms with Gasteiger partial charge in [-0.05, 0) is 24.2 Å². The van der Waals surface area contributed by atoms with Gasteiger partial charge >= 0.3 is 12.0 Å². The highest BCUT2D eigenvalue weighted by molar-refractivity contribution is 5.94. The first-order valence-electron chi connectivity index (χ1n) is 12.4. The van der Waals surface area contributed by atoms with Crippen molar-refractivity contribution in [2.75, 3.05) is 6.54 Å². The number of carboxylic acids is 1. The zero-order chi connectivity index (χ0) is 27.4. The molecule has 5 atom stereocenters. The van der Waals surface area contributed by atoms with Crippen LogP contribution in [0.25, 0.3) is 0 Å². The number of amides is 5. The molecule has 1 heterocycles. The highest BCUT2D eigenvalue weighted by atomic mass is 16.4. The van der Waals surface area contributed by atoms with Crippen molar-refractivity contribution in [3.8, 4) is 0 Å². The average molecular weight is 508 g/mol. The molecule has 5 amide bonds. The number of urea groups is 1. The van der Waals surface area contributed by atoms with Crippen molar-refractivity contribution < 1.29 is 29.1 Å². The van der Waals surface area contributed by atoms with Gasteiger partial charge in [-0.2, -0.15) is 0 Å². The second kappa shape index (κ2) is 14.9. The summed E-state index contributed by atoms with van der Waals surface area (Å²) in [5, 5.41) is 22.6. The molecule has 0 unspecified atom stereocenters. The van der Waals surface area contributed by atoms with Crippen LogP contribution in [-0.4, -0.2) is 65.5 Å². The lowest BCUT2D eigenvalue weighted by Gasteiger charge is -2.28. The molecule has 6 N–H and O–H groups in total. The van der Waals surface area contributed by atoms with Crippen LogP contribution in [0, 0.1) is 17.8 Å². The van der Waals surface area contributed by atoms with E-state index in [1.807, 2.05) is 20.8 Å². The Morgan fingerprint density at radius 2 is 1.69 bits per heavy atom. The van der Waals surface area contributed by atoms with E-state index in [0.29, 0.717) is 19.4 Å². The van der Waals surface area contributed by atoms with Crippen LogP contribution in [0.3, 0.4) is 0 Å². The van der Waals surface area contributed by atoms with E-state index in [1.54, 1.807) is 39.0 Å². The van der Waals surface area contributed by atoms with Gasteiger partial charge in [-0.25, -0.2) is 9.59 Å². The monoisotopic (exact) mass is 507 g/mol. The maximum Gasteiger partial charge on any atom is 0.326 e. The van der Waals surface area contributed by atoms with E-state index < -0.39 is 48.0 Å². The first-order chi connectivity index (χ1) is 16.9. The third-order valence-corrected chi connectivity index (χ3v) is 6.00. The van der Waals surface area contributed by atoms with E-state index in [2.05, 4.69) is 26.6 Å². The highest BCUT2D eigenvalue weighted by Crippen LogP contribution is 2.10. The summed E-state index contributed by atoms with van der Waals surface area (Å²) in [6, 6.07) is -4.35. The number of carboxylic acid groups (broad SMARTS) is 1. The maximum absolute atomic E-state index is 13.2. The predicted octanol–water partition coefficient (Wildman–Crippen LogP) is 1.07. The molecule has 0 radical (unpaired) electrons. The molecule has 0 spiro atoms. The third-order valence-electron chi connectivity index (χ3n) is 6.00. The SMILES string of the molecule is CC[C@H](C)[C@H](NC(=O)N[C@H](C(=O)O)C(C)C)C(=O)N[C@@H]1/C=C/CCNC(=O)/C=C/[C@H](C(C)C)NC1=O. The largest absolute Gasteiger partial charge is 0.480 e. The van der Waals surface area contributed by atoms with Crippen molar-refractivity contribution in [1.82, 2.24) is 26.6 Å². The van der Waals surface area contributed by atoms with Gasteiger partial charge in [0, 0.05) is 18.7 Å². The second-order valence-electron chi connectivity index (χ2n) is 9.67. The van der Waals surface area contributed by atoms with Gasteiger partial charge in [0.1, 0.15) is 18.1 Å². The van der Waals surface area contributed by atoms with E-state index >= 15 is 0 Å². The molecular weight excluding hydrogens is 466 g/mol. The molecule has 0 aromatic rings. The topological polar surface area (TPSA) is 166 Å². The lowest BCUT2D eigenvalue weighted by atomic mass is 9.97. The minimum Gasteiger partial charge on any atom is -0.480 e. The zero-order valence-electron chi connectivity index (χ0n) is 22.0. The molecule has 0 fully saturated rings. The predicted molar refractivity (Wildman–Crippen MR) is 136 cm³/mol. The second-order valence-corrected chi connectivity index (χ2v) is 9.67. The van der Waals surface area contributed by atoms with Crippen LogP contribution in [0.1, 0.15) is 54.4 Å². The Kier molecular flexibility index (Phi) is 12.7. The average Bonchev–Trinajstić information content (AvgIpc) is 2.80. The summed E-state index contributed by atoms with van der Waals surface area (Å²) in [7, 11) is 0. The van der Waals surface area contributed by atoms with Gasteiger partial charge in [0.15, 0.2) is 0 Å². The van der Waals surface area contributed by atoms with Gasteiger partial charge in [-0.3, -0.25) is 14.4 Å². The van der Waals surface area contributed by atoms with Crippen molar-refractivity contribution in [3.05, 3.63) is 24.3 Å². The number of hydrogen-bond acceptors (Lipinski definition) is 5. The molecule has 0 saturated heterocycles. The lowest BCUT2D eigenvalue weighted by molar-refractivity contribution is -0.140. The number of carbonyl (C=O) groups is 5. The van der Waals surface area contributed by atoms with Crippen LogP contribution in [0.4, 0.5) is 4.79 Å². The molecule has 0 bridgehead atoms. The molecule has 1 rings (SSSR count). The number of hydrogen-bond donors (Lipinski definition) is 6. The molecule has 1 aliphatic heterocycles. The fourth-order valence-corrected chi connectivity index (χ4v) is 3.44. The van der Waals surface area contributed by atoms with Crippen molar-refractivity contribution in [2.45, 2.75) is 78.6 Å². The summed E-state index contributed by atoms with van der Waals surface area (Å²) in [6.45, 7) is 11.1. The maximum atomic E-state index is 13.2. The van der Waals surface area contributed by atoms with E-state index in [4.69, 9.17) is 0 Å². The third kappa shape index (κ3) is 10.1. The molecule has 11 nitrogen and oxygen atoms in total. The summed E-state index contributed by atoms with van der Waals surface area (Å²) < 4.78 is 0. The molecule has 0 aromatic carbocycles. The van der Waals surface area contributed by atoms with Crippen molar-refractivity contribution in [2.24, 2.45) is 17.8 Å². The van der Waals surface area contributed by atoms with E-state index in [0.717, 1.165) is 0 Å². The van der Waals surface area contributed by atoms with Crippen LogP contribution >= 0.6 is 0 Å². The van der Waals surface area contributed by atoms with Crippen LogP contribution < -0.4 is 26.6 Å². The summed E-state index contributed by atoms with van der Waals surface area (Å²) >= 11 is 0. The highest BCUT2D eigenvalue weighted by Gasteiger charge is 2.31. The van der Waals surface area contributed by atoms with Gasteiger partial charge in [0.2, 0.25) is 17.7 Å². The molecule has 0 aromatic heterocycles. The van der Waals surface area contributed by atoms with Gasteiger partial charge in [0.05, 0.1) is 0 Å². The standard InChI is InChI=1S/C25H41N5O6/c1-7-16(6)21(30-25(36)29-20(15(4)5)24(34)35)23(33)28-18-10-8-9-13-26-19(31)12-11-17(14(2)3)27-22(18)32/h8,10-12,14-18,20-21H,7,9,13H2,1-6H3,(H,26,31)(H,27,32)(H,28,33)(H,34,35)(H2,29,30,36)/b10-8+,12-11+/t16-,17+,18+,20-,21-/m0/s1. The van der Waals surface area contributed by atoms with Crippen molar-refractivity contribution in [3.63, 3.8) is 0 Å². The van der Waals surface area contributed by atoms with Gasteiger partial charge in [-0.15, -0.1) is 0 Å². The van der Waals surface area contributed by atoms with E-state index in [1.165, 1.54) is 6.08 Å². The lowest BCUT2D eigenvalue weighted by Crippen LogP contribution is -2.59. The van der Waals surface area contributed by atoms with Crippen molar-refractivity contribution in [1.29, 1.82) is 0 Å². The number of nitrogens with one attached hydrogen (secondary N) is 5. The Morgan fingerprint density at radius 3 is 2.25 bits per heavy atom. The van der Waals surface area contributed by atoms with Crippen LogP contribution in [-0.2, 0) is 19.2 Å². The van der Waals surface area contributed by atoms with Crippen LogP contribution in [0.5, 0.6) is 0 Å². The molecule has 0 aliphatic carbocycles. The first-order valence-corrected chi connectivity index (χ1v) is 12.4. The number of carbonyl (C=O) groups excluding carboxylic acids is 4. The minimum absolute atomic E-state index is 0.0114. The Labute approximate surface area is 212 Å². The van der Waals surface area contributed by atoms with Crippen LogP contribution in [0.2, 0.25) is 0 Å². The Morgan fingerprint density at radius 1 is 1.06 bits per heavy atom. The first kappa shape index (κ1) is 30.7. The Balaban J connectivity index is 3.08. The zero-order valence-corrected chi connectivity index (χ0v) is 22.0. The smallest absolute Gasteiger partial charge is 0.326 e. The van der Waals surface area contributed by atoms with E-state index in [9.17, 15) is 29.1 Å². The number of rotatable bonds is 9. The Bertz CT molecular complexity index is 854. The fourth-order valence-electron chi connectivity index (χ4n) is 3.44. The molecular formula is C25H41N5O6. The summed E-state index contributed by atoms with van der Waals surface area (Å²) in [4.78, 5) is 62.2. The summed E-state index contributed by atoms with van der Waals surface area (Å²) in [5.74, 6) is -3.12. The van der Waals surface area contributed by atoms with Gasteiger partial charge in [-0.1, -0.05) is 66.2 Å². The van der Waals surface area contributed by atoms with E-state index in [-0.39, 0.29) is 23.7 Å². The quantitative estimate of drug-likeness (QED) is 0.255. The molecule has 1 aliphatic rings. The Hall–Kier alpha value is -3.37. The summed E-state index contributed by atoms with van der Waals surface area (Å²) in [5.41, 5.74) is 0. The van der Waals surface area contributed by atoms with Crippen LogP contribution in [0.15, 0.2) is 24.3 Å². The molecule has 11 heteroatoms. The molecule has 202 valence electrons. The normalized spacial score (nSPS) is 23.1. The van der Waals surface area contributed by atoms with Gasteiger partial charge < -0.3 is 31.7 Å². The summed E-state index contributed by atoms with van der Waals surface area (Å²) in [6.07, 6.45) is 7.25. The fraction of sp³-hybridized carbons (Fsp3) is 0.640. The minimum atomic E-state index is -1.18. The van der Waals surface area contributed by atoms with Gasteiger partial charge in [0.25, 0.3) is 0 Å².